The molecule has 0 aliphatic rings. The highest BCUT2D eigenvalue weighted by Gasteiger charge is 2.03. The molecule has 0 aromatic carbocycles. The van der Waals surface area contributed by atoms with E-state index in [0.717, 1.165) is 0 Å². The predicted molar refractivity (Wildman–Crippen MR) is 42.7 cm³/mol. The third-order valence-corrected chi connectivity index (χ3v) is 0.612. The van der Waals surface area contributed by atoms with Gasteiger partial charge in [-0.25, -0.2) is 0 Å². The molecule has 1 heteroatoms. The van der Waals surface area contributed by atoms with Crippen LogP contribution in [0.15, 0.2) is 0 Å². The van der Waals surface area contributed by atoms with E-state index in [1.54, 1.807) is 7.11 Å². The molecule has 0 saturated carbocycles. The first-order valence-electron chi connectivity index (χ1n) is 3.53. The van der Waals surface area contributed by atoms with E-state index in [1.807, 2.05) is 20.8 Å². The van der Waals surface area contributed by atoms with Crippen LogP contribution in [0.4, 0.5) is 0 Å². The minimum atomic E-state index is 0.0417. The van der Waals surface area contributed by atoms with Gasteiger partial charge in [0, 0.05) is 7.11 Å². The zero-order valence-electron chi connectivity index (χ0n) is 7.62. The van der Waals surface area contributed by atoms with Crippen LogP contribution < -0.4 is 0 Å². The van der Waals surface area contributed by atoms with Gasteiger partial charge in [0.05, 0.1) is 5.60 Å². The molecule has 0 rings (SSSR count). The van der Waals surface area contributed by atoms with Crippen molar-refractivity contribution in [1.82, 2.24) is 0 Å². The first-order chi connectivity index (χ1) is 3.97. The smallest absolute Gasteiger partial charge is 0.0594 e. The summed E-state index contributed by atoms with van der Waals surface area (Å²) < 4.78 is 4.94. The fraction of sp³-hybridized carbons (Fsp3) is 1.00. The Balaban J connectivity index is 0. The Hall–Kier alpha value is -0.0400. The molecule has 0 atom stereocenters. The zero-order valence-corrected chi connectivity index (χ0v) is 7.62. The summed E-state index contributed by atoms with van der Waals surface area (Å²) in [7, 11) is 1.71. The third-order valence-electron chi connectivity index (χ3n) is 0.612. The van der Waals surface area contributed by atoms with Gasteiger partial charge in [-0.05, 0) is 20.8 Å². The van der Waals surface area contributed by atoms with Crippen LogP contribution in [-0.2, 0) is 4.74 Å². The normalized spacial score (nSPS) is 10.0. The molecule has 0 aromatic rings. The summed E-state index contributed by atoms with van der Waals surface area (Å²) in [6.45, 7) is 10.3. The first-order valence-corrected chi connectivity index (χ1v) is 3.53. The highest BCUT2D eigenvalue weighted by molar-refractivity contribution is 4.55. The number of rotatable bonds is 0. The van der Waals surface area contributed by atoms with E-state index in [1.165, 1.54) is 6.42 Å². The molecule has 0 saturated heterocycles. The van der Waals surface area contributed by atoms with E-state index < -0.39 is 0 Å². The van der Waals surface area contributed by atoms with Crippen molar-refractivity contribution in [3.05, 3.63) is 0 Å². The van der Waals surface area contributed by atoms with Crippen molar-refractivity contribution in [3.63, 3.8) is 0 Å². The van der Waals surface area contributed by atoms with Gasteiger partial charge in [0.1, 0.15) is 0 Å². The van der Waals surface area contributed by atoms with Crippen LogP contribution in [0.25, 0.3) is 0 Å². The van der Waals surface area contributed by atoms with E-state index in [0.29, 0.717) is 0 Å². The molecule has 0 heterocycles. The second kappa shape index (κ2) is 6.09. The summed E-state index contributed by atoms with van der Waals surface area (Å²) in [5, 5.41) is 0. The van der Waals surface area contributed by atoms with E-state index in [2.05, 4.69) is 13.8 Å². The molecule has 0 unspecified atom stereocenters. The number of hydrogen-bond acceptors (Lipinski definition) is 1. The summed E-state index contributed by atoms with van der Waals surface area (Å²) in [5.74, 6) is 0. The molecule has 0 N–H and O–H groups in total. The summed E-state index contributed by atoms with van der Waals surface area (Å²) in [6, 6.07) is 0. The van der Waals surface area contributed by atoms with Crippen LogP contribution >= 0.6 is 0 Å². The van der Waals surface area contributed by atoms with Crippen molar-refractivity contribution in [2.45, 2.75) is 46.6 Å². The number of methoxy groups -OCH3 is 1. The molecular weight excluding hydrogens is 112 g/mol. The van der Waals surface area contributed by atoms with Crippen molar-refractivity contribution < 1.29 is 4.74 Å². The molecule has 58 valence electrons. The Morgan fingerprint density at radius 1 is 1.11 bits per heavy atom. The SMILES string of the molecule is CCC.COC(C)(C)C. The topological polar surface area (TPSA) is 9.23 Å². The maximum Gasteiger partial charge on any atom is 0.0594 e. The Kier molecular flexibility index (Phi) is 7.92. The summed E-state index contributed by atoms with van der Waals surface area (Å²) in [5.41, 5.74) is 0.0417. The summed E-state index contributed by atoms with van der Waals surface area (Å²) >= 11 is 0. The van der Waals surface area contributed by atoms with Gasteiger partial charge >= 0.3 is 0 Å². The van der Waals surface area contributed by atoms with E-state index in [9.17, 15) is 0 Å². The molecule has 0 spiro atoms. The lowest BCUT2D eigenvalue weighted by Gasteiger charge is -2.14. The van der Waals surface area contributed by atoms with Crippen LogP contribution in [0.5, 0.6) is 0 Å². The Morgan fingerprint density at radius 2 is 1.22 bits per heavy atom. The van der Waals surface area contributed by atoms with Crippen molar-refractivity contribution in [2.24, 2.45) is 0 Å². The van der Waals surface area contributed by atoms with Crippen LogP contribution in [0, 0.1) is 0 Å². The van der Waals surface area contributed by atoms with Crippen LogP contribution in [0.2, 0.25) is 0 Å². The van der Waals surface area contributed by atoms with Gasteiger partial charge in [-0.3, -0.25) is 0 Å². The van der Waals surface area contributed by atoms with Crippen molar-refractivity contribution >= 4 is 0 Å². The Morgan fingerprint density at radius 3 is 1.22 bits per heavy atom. The van der Waals surface area contributed by atoms with E-state index in [4.69, 9.17) is 4.74 Å². The van der Waals surface area contributed by atoms with Crippen molar-refractivity contribution in [3.8, 4) is 0 Å². The lowest BCUT2D eigenvalue weighted by atomic mass is 10.2. The molecular formula is C8H20O. The average Bonchev–Trinajstić information content (AvgIpc) is 1.67. The minimum Gasteiger partial charge on any atom is -0.379 e. The lowest BCUT2D eigenvalue weighted by molar-refractivity contribution is 0.0397. The van der Waals surface area contributed by atoms with Gasteiger partial charge in [0.25, 0.3) is 0 Å². The van der Waals surface area contributed by atoms with E-state index in [-0.39, 0.29) is 5.60 Å². The summed E-state index contributed by atoms with van der Waals surface area (Å²) in [4.78, 5) is 0. The zero-order chi connectivity index (χ0) is 7.91. The molecule has 0 amide bonds. The van der Waals surface area contributed by atoms with Gasteiger partial charge in [0.2, 0.25) is 0 Å². The molecule has 0 bridgehead atoms. The van der Waals surface area contributed by atoms with Gasteiger partial charge in [-0.15, -0.1) is 0 Å². The fourth-order valence-electron chi connectivity index (χ4n) is 0. The fourth-order valence-corrected chi connectivity index (χ4v) is 0. The van der Waals surface area contributed by atoms with Crippen molar-refractivity contribution in [2.75, 3.05) is 7.11 Å². The highest BCUT2D eigenvalue weighted by Crippen LogP contribution is 2.02. The minimum absolute atomic E-state index is 0.0417. The lowest BCUT2D eigenvalue weighted by Crippen LogP contribution is -2.15. The van der Waals surface area contributed by atoms with Gasteiger partial charge in [0.15, 0.2) is 0 Å². The molecule has 1 nitrogen and oxygen atoms in total. The monoisotopic (exact) mass is 132 g/mol. The number of ether oxygens (including phenoxy) is 1. The Labute approximate surface area is 59.4 Å². The van der Waals surface area contributed by atoms with Crippen LogP contribution in [-0.4, -0.2) is 12.7 Å². The van der Waals surface area contributed by atoms with Crippen LogP contribution in [0.3, 0.4) is 0 Å². The first kappa shape index (κ1) is 11.7. The molecule has 0 radical (unpaired) electrons. The average molecular weight is 132 g/mol. The quantitative estimate of drug-likeness (QED) is 0.492. The molecule has 0 aliphatic carbocycles. The second-order valence-corrected chi connectivity index (χ2v) is 3.02. The highest BCUT2D eigenvalue weighted by atomic mass is 16.5. The molecule has 9 heavy (non-hydrogen) atoms. The van der Waals surface area contributed by atoms with E-state index >= 15 is 0 Å². The molecule has 0 aliphatic heterocycles. The molecule has 0 fully saturated rings. The predicted octanol–water partition coefficient (Wildman–Crippen LogP) is 2.85. The Bertz CT molecular complexity index is 43.0. The second-order valence-electron chi connectivity index (χ2n) is 3.02. The van der Waals surface area contributed by atoms with Gasteiger partial charge < -0.3 is 4.74 Å². The van der Waals surface area contributed by atoms with Crippen LogP contribution in [0.1, 0.15) is 41.0 Å². The maximum absolute atomic E-state index is 4.94. The van der Waals surface area contributed by atoms with Crippen molar-refractivity contribution in [1.29, 1.82) is 0 Å². The molecule has 0 aromatic heterocycles. The standard InChI is InChI=1S/C5H12O.C3H8/c1-5(2,3)6-4;1-3-2/h1-4H3;3H2,1-2H3. The van der Waals surface area contributed by atoms with Gasteiger partial charge in [-0.2, -0.15) is 0 Å². The van der Waals surface area contributed by atoms with Gasteiger partial charge in [-0.1, -0.05) is 20.3 Å². The number of hydrogen-bond donors (Lipinski definition) is 0. The third kappa shape index (κ3) is 32.3. The largest absolute Gasteiger partial charge is 0.379 e. The maximum atomic E-state index is 4.94. The summed E-state index contributed by atoms with van der Waals surface area (Å²) in [6.07, 6.45) is 1.25.